The van der Waals surface area contributed by atoms with Crippen molar-refractivity contribution >= 4 is 27.5 Å². The average Bonchev–Trinajstić information content (AvgIpc) is 2.72. The third-order valence-corrected chi connectivity index (χ3v) is 5.48. The monoisotopic (exact) mass is 495 g/mol. The summed E-state index contributed by atoms with van der Waals surface area (Å²) in [7, 11) is 1.56. The lowest BCUT2D eigenvalue weighted by Gasteiger charge is -2.15. The maximum Gasteiger partial charge on any atom is 0.175 e. The fourth-order valence-corrected chi connectivity index (χ4v) is 3.79. The molecule has 0 spiro atoms. The molecule has 1 N–H and O–H groups in total. The van der Waals surface area contributed by atoms with Crippen LogP contribution in [0.25, 0.3) is 0 Å². The summed E-state index contributed by atoms with van der Waals surface area (Å²) < 4.78 is 39.0. The third kappa shape index (κ3) is 5.94. The SMILES string of the molecule is COc1cc(CNCCc2ccccc2F)cc(Br)c1OCc1ccc(F)cc1Cl. The summed E-state index contributed by atoms with van der Waals surface area (Å²) in [4.78, 5) is 0. The molecule has 0 aromatic heterocycles. The van der Waals surface area contributed by atoms with E-state index < -0.39 is 5.82 Å². The molecule has 0 fully saturated rings. The van der Waals surface area contributed by atoms with E-state index in [4.69, 9.17) is 21.1 Å². The molecule has 0 aliphatic rings. The molecule has 0 unspecified atom stereocenters. The van der Waals surface area contributed by atoms with E-state index in [1.165, 1.54) is 18.2 Å². The number of ether oxygens (including phenoxy) is 2. The van der Waals surface area contributed by atoms with E-state index in [-0.39, 0.29) is 12.4 Å². The van der Waals surface area contributed by atoms with Crippen LogP contribution in [-0.4, -0.2) is 13.7 Å². The smallest absolute Gasteiger partial charge is 0.175 e. The normalized spacial score (nSPS) is 10.8. The van der Waals surface area contributed by atoms with Gasteiger partial charge in [-0.05, 0) is 70.4 Å². The second-order valence-electron chi connectivity index (χ2n) is 6.65. The van der Waals surface area contributed by atoms with Crippen molar-refractivity contribution in [2.24, 2.45) is 0 Å². The van der Waals surface area contributed by atoms with E-state index in [9.17, 15) is 8.78 Å². The van der Waals surface area contributed by atoms with E-state index in [1.54, 1.807) is 25.3 Å². The van der Waals surface area contributed by atoms with Gasteiger partial charge in [0.2, 0.25) is 0 Å². The molecule has 0 saturated carbocycles. The van der Waals surface area contributed by atoms with Gasteiger partial charge in [-0.2, -0.15) is 0 Å². The molecule has 3 aromatic carbocycles. The Balaban J connectivity index is 1.61. The van der Waals surface area contributed by atoms with E-state index in [2.05, 4.69) is 21.2 Å². The van der Waals surface area contributed by atoms with Gasteiger partial charge in [-0.1, -0.05) is 35.9 Å². The highest BCUT2D eigenvalue weighted by Crippen LogP contribution is 2.37. The Morgan fingerprint density at radius 3 is 2.57 bits per heavy atom. The summed E-state index contributed by atoms with van der Waals surface area (Å²) in [6.45, 7) is 1.41. The molecule has 0 atom stereocenters. The number of methoxy groups -OCH3 is 1. The largest absolute Gasteiger partial charge is 0.493 e. The van der Waals surface area contributed by atoms with Crippen LogP contribution >= 0.6 is 27.5 Å². The van der Waals surface area contributed by atoms with Gasteiger partial charge in [-0.25, -0.2) is 8.78 Å². The zero-order valence-electron chi connectivity index (χ0n) is 16.4. The molecule has 0 amide bonds. The molecular weight excluding hydrogens is 476 g/mol. The number of rotatable bonds is 9. The topological polar surface area (TPSA) is 30.5 Å². The quantitative estimate of drug-likeness (QED) is 0.353. The van der Waals surface area contributed by atoms with Crippen LogP contribution in [0, 0.1) is 11.6 Å². The molecule has 0 aliphatic heterocycles. The first-order chi connectivity index (χ1) is 14.5. The molecule has 7 heteroatoms. The lowest BCUT2D eigenvalue weighted by molar-refractivity contribution is 0.282. The second-order valence-corrected chi connectivity index (χ2v) is 7.91. The fraction of sp³-hybridized carbons (Fsp3) is 0.217. The van der Waals surface area contributed by atoms with Gasteiger partial charge in [0.1, 0.15) is 18.2 Å². The average molecular weight is 497 g/mol. The lowest BCUT2D eigenvalue weighted by Crippen LogP contribution is -2.17. The Morgan fingerprint density at radius 2 is 1.83 bits per heavy atom. The van der Waals surface area contributed by atoms with E-state index in [0.29, 0.717) is 47.2 Å². The Bertz CT molecular complexity index is 1020. The summed E-state index contributed by atoms with van der Waals surface area (Å²) >= 11 is 9.59. The Hall–Kier alpha value is -2.15. The molecule has 0 radical (unpaired) electrons. The van der Waals surface area contributed by atoms with Gasteiger partial charge in [-0.15, -0.1) is 0 Å². The Labute approximate surface area is 188 Å². The number of halogens is 4. The minimum Gasteiger partial charge on any atom is -0.493 e. The van der Waals surface area contributed by atoms with Crippen molar-refractivity contribution in [2.45, 2.75) is 19.6 Å². The van der Waals surface area contributed by atoms with Crippen LogP contribution in [0.3, 0.4) is 0 Å². The van der Waals surface area contributed by atoms with Crippen molar-refractivity contribution in [2.75, 3.05) is 13.7 Å². The summed E-state index contributed by atoms with van der Waals surface area (Å²) in [5.41, 5.74) is 2.34. The molecule has 3 nitrogen and oxygen atoms in total. The van der Waals surface area contributed by atoms with E-state index in [0.717, 1.165) is 10.0 Å². The van der Waals surface area contributed by atoms with Gasteiger partial charge in [0.05, 0.1) is 16.6 Å². The molecule has 0 bridgehead atoms. The van der Waals surface area contributed by atoms with Crippen molar-refractivity contribution < 1.29 is 18.3 Å². The highest BCUT2D eigenvalue weighted by Gasteiger charge is 2.13. The summed E-state index contributed by atoms with van der Waals surface area (Å²) in [5.74, 6) is 0.516. The van der Waals surface area contributed by atoms with E-state index >= 15 is 0 Å². The van der Waals surface area contributed by atoms with Gasteiger partial charge in [0, 0.05) is 12.1 Å². The molecule has 0 heterocycles. The van der Waals surface area contributed by atoms with Crippen molar-refractivity contribution in [3.8, 4) is 11.5 Å². The minimum atomic E-state index is -0.394. The summed E-state index contributed by atoms with van der Waals surface area (Å²) in [5, 5.41) is 3.62. The fourth-order valence-electron chi connectivity index (χ4n) is 2.96. The first kappa shape index (κ1) is 22.5. The van der Waals surface area contributed by atoms with Crippen LogP contribution < -0.4 is 14.8 Å². The number of hydrogen-bond acceptors (Lipinski definition) is 3. The van der Waals surface area contributed by atoms with Gasteiger partial charge in [0.15, 0.2) is 11.5 Å². The van der Waals surface area contributed by atoms with Crippen molar-refractivity contribution in [3.05, 3.63) is 92.4 Å². The molecule has 0 aliphatic carbocycles. The minimum absolute atomic E-state index is 0.175. The Morgan fingerprint density at radius 1 is 1.03 bits per heavy atom. The zero-order chi connectivity index (χ0) is 21.5. The van der Waals surface area contributed by atoms with Crippen molar-refractivity contribution in [3.63, 3.8) is 0 Å². The lowest BCUT2D eigenvalue weighted by atomic mass is 10.1. The molecule has 3 rings (SSSR count). The van der Waals surface area contributed by atoms with Gasteiger partial charge < -0.3 is 14.8 Å². The molecular formula is C23H21BrClF2NO2. The zero-order valence-corrected chi connectivity index (χ0v) is 18.7. The molecule has 30 heavy (non-hydrogen) atoms. The standard InChI is InChI=1S/C23H21BrClF2NO2/c1-29-22-11-15(13-28-9-8-16-4-2-3-5-21(16)27)10-19(24)23(22)30-14-17-6-7-18(26)12-20(17)25/h2-7,10-12,28H,8-9,13-14H2,1H3. The predicted molar refractivity (Wildman–Crippen MR) is 118 cm³/mol. The van der Waals surface area contributed by atoms with Gasteiger partial charge in [-0.3, -0.25) is 0 Å². The highest BCUT2D eigenvalue weighted by atomic mass is 79.9. The molecule has 158 valence electrons. The van der Waals surface area contributed by atoms with Crippen LogP contribution in [0.1, 0.15) is 16.7 Å². The first-order valence-electron chi connectivity index (χ1n) is 9.35. The summed E-state index contributed by atoms with van der Waals surface area (Å²) in [6.07, 6.45) is 0.602. The number of nitrogens with one attached hydrogen (secondary N) is 1. The van der Waals surface area contributed by atoms with Crippen LogP contribution in [0.5, 0.6) is 11.5 Å². The molecule has 0 saturated heterocycles. The first-order valence-corrected chi connectivity index (χ1v) is 10.5. The molecule has 3 aromatic rings. The Kier molecular flexibility index (Phi) is 8.08. The summed E-state index contributed by atoms with van der Waals surface area (Å²) in [6, 6.07) is 14.8. The second kappa shape index (κ2) is 10.8. The number of hydrogen-bond donors (Lipinski definition) is 1. The van der Waals surface area contributed by atoms with Crippen molar-refractivity contribution in [1.29, 1.82) is 0 Å². The highest BCUT2D eigenvalue weighted by molar-refractivity contribution is 9.10. The van der Waals surface area contributed by atoms with Gasteiger partial charge in [0.25, 0.3) is 0 Å². The van der Waals surface area contributed by atoms with Gasteiger partial charge >= 0.3 is 0 Å². The van der Waals surface area contributed by atoms with Crippen LogP contribution in [-0.2, 0) is 19.6 Å². The number of benzene rings is 3. The van der Waals surface area contributed by atoms with Crippen LogP contribution in [0.4, 0.5) is 8.78 Å². The maximum atomic E-state index is 13.7. The van der Waals surface area contributed by atoms with Crippen LogP contribution in [0.15, 0.2) is 59.1 Å². The maximum absolute atomic E-state index is 13.7. The predicted octanol–water partition coefficient (Wildman–Crippen LogP) is 6.30. The van der Waals surface area contributed by atoms with Crippen molar-refractivity contribution in [1.82, 2.24) is 5.32 Å². The van der Waals surface area contributed by atoms with Crippen LogP contribution in [0.2, 0.25) is 5.02 Å². The third-order valence-electron chi connectivity index (χ3n) is 4.53. The van der Waals surface area contributed by atoms with E-state index in [1.807, 2.05) is 18.2 Å².